The first-order chi connectivity index (χ1) is 11.0. The molecule has 0 aliphatic carbocycles. The summed E-state index contributed by atoms with van der Waals surface area (Å²) in [6.45, 7) is 0. The molecule has 0 bridgehead atoms. The summed E-state index contributed by atoms with van der Waals surface area (Å²) < 4.78 is 103. The van der Waals surface area contributed by atoms with Crippen molar-refractivity contribution in [1.82, 2.24) is 0 Å². The van der Waals surface area contributed by atoms with Gasteiger partial charge in [-0.25, -0.2) is 8.78 Å². The van der Waals surface area contributed by atoms with Gasteiger partial charge < -0.3 is 0 Å². The van der Waals surface area contributed by atoms with Crippen LogP contribution in [0.25, 0.3) is 0 Å². The van der Waals surface area contributed by atoms with E-state index in [0.29, 0.717) is 24.3 Å². The van der Waals surface area contributed by atoms with Crippen LogP contribution in [-0.4, -0.2) is 0 Å². The number of rotatable bonds is 2. The number of nitrogens with zero attached hydrogens (tertiary/aromatic N) is 2. The zero-order valence-electron chi connectivity index (χ0n) is 11.4. The fourth-order valence-corrected chi connectivity index (χ4v) is 1.75. The van der Waals surface area contributed by atoms with Gasteiger partial charge >= 0.3 is 12.4 Å². The molecule has 0 radical (unpaired) electrons. The van der Waals surface area contributed by atoms with Crippen LogP contribution < -0.4 is 0 Å². The Morgan fingerprint density at radius 3 is 1.21 bits per heavy atom. The van der Waals surface area contributed by atoms with E-state index < -0.39 is 46.5 Å². The molecule has 0 aliphatic heterocycles. The first-order valence-electron chi connectivity index (χ1n) is 6.14. The molecular formula is C14H6F8N2. The Morgan fingerprint density at radius 1 is 0.583 bits per heavy atom. The molecule has 2 aromatic carbocycles. The molecule has 24 heavy (non-hydrogen) atoms. The Kier molecular flexibility index (Phi) is 4.59. The molecule has 0 spiro atoms. The van der Waals surface area contributed by atoms with Gasteiger partial charge in [0, 0.05) is 0 Å². The Hall–Kier alpha value is -2.52. The molecule has 0 aliphatic rings. The molecule has 0 atom stereocenters. The van der Waals surface area contributed by atoms with E-state index in [-0.39, 0.29) is 12.1 Å². The van der Waals surface area contributed by atoms with Gasteiger partial charge in [-0.1, -0.05) is 0 Å². The summed E-state index contributed by atoms with van der Waals surface area (Å²) in [6, 6.07) is 2.84. The number of alkyl halides is 6. The maximum atomic E-state index is 12.9. The number of benzene rings is 2. The lowest BCUT2D eigenvalue weighted by Crippen LogP contribution is -2.06. The molecule has 0 amide bonds. The fraction of sp³-hybridized carbons (Fsp3) is 0.143. The third-order valence-corrected chi connectivity index (χ3v) is 2.79. The Labute approximate surface area is 129 Å². The molecule has 0 N–H and O–H groups in total. The van der Waals surface area contributed by atoms with E-state index in [2.05, 4.69) is 10.2 Å². The Morgan fingerprint density at radius 2 is 0.917 bits per heavy atom. The maximum Gasteiger partial charge on any atom is 0.418 e. The molecule has 2 rings (SSSR count). The summed E-state index contributed by atoms with van der Waals surface area (Å²) in [5.41, 5.74) is -4.74. The number of azo groups is 1. The van der Waals surface area contributed by atoms with E-state index in [9.17, 15) is 35.1 Å². The lowest BCUT2D eigenvalue weighted by molar-refractivity contribution is -0.138. The average molecular weight is 354 g/mol. The van der Waals surface area contributed by atoms with Crippen molar-refractivity contribution in [2.45, 2.75) is 12.4 Å². The van der Waals surface area contributed by atoms with E-state index in [4.69, 9.17) is 0 Å². The van der Waals surface area contributed by atoms with Crippen LogP contribution in [0.2, 0.25) is 0 Å². The van der Waals surface area contributed by atoms with Gasteiger partial charge in [0.1, 0.15) is 11.6 Å². The Balaban J connectivity index is 2.50. The predicted octanol–water partition coefficient (Wildman–Crippen LogP) is 6.42. The van der Waals surface area contributed by atoms with Crippen molar-refractivity contribution in [2.75, 3.05) is 0 Å². The van der Waals surface area contributed by atoms with Gasteiger partial charge in [0.05, 0.1) is 22.5 Å². The van der Waals surface area contributed by atoms with E-state index in [0.717, 1.165) is 0 Å². The topological polar surface area (TPSA) is 24.7 Å². The van der Waals surface area contributed by atoms with E-state index in [1.54, 1.807) is 0 Å². The molecule has 10 heteroatoms. The summed E-state index contributed by atoms with van der Waals surface area (Å²) in [4.78, 5) is 0. The highest BCUT2D eigenvalue weighted by Gasteiger charge is 2.35. The number of halogens is 8. The van der Waals surface area contributed by atoms with Crippen LogP contribution >= 0.6 is 0 Å². The van der Waals surface area contributed by atoms with Crippen LogP contribution in [0.1, 0.15) is 11.1 Å². The van der Waals surface area contributed by atoms with Crippen molar-refractivity contribution in [1.29, 1.82) is 0 Å². The van der Waals surface area contributed by atoms with Crippen LogP contribution in [0.5, 0.6) is 0 Å². The smallest absolute Gasteiger partial charge is 0.207 e. The van der Waals surface area contributed by atoms with Crippen LogP contribution in [0, 0.1) is 11.6 Å². The van der Waals surface area contributed by atoms with Gasteiger partial charge in [-0.05, 0) is 36.4 Å². The largest absolute Gasteiger partial charge is 0.418 e. The van der Waals surface area contributed by atoms with Gasteiger partial charge in [0.2, 0.25) is 0 Å². The molecule has 2 aromatic rings. The lowest BCUT2D eigenvalue weighted by Gasteiger charge is -2.10. The van der Waals surface area contributed by atoms with Crippen molar-refractivity contribution in [3.05, 3.63) is 59.2 Å². The highest BCUT2D eigenvalue weighted by Crippen LogP contribution is 2.40. The summed E-state index contributed by atoms with van der Waals surface area (Å²) in [7, 11) is 0. The second-order valence-electron chi connectivity index (χ2n) is 4.52. The predicted molar refractivity (Wildman–Crippen MR) is 67.0 cm³/mol. The normalized spacial score (nSPS) is 12.8. The SMILES string of the molecule is Fc1ccc(N=Nc2ccc(F)cc2C(F)(F)F)c(C(F)(F)F)c1. The summed E-state index contributed by atoms with van der Waals surface area (Å²) in [5, 5.41) is 6.21. The highest BCUT2D eigenvalue weighted by molar-refractivity contribution is 5.51. The second-order valence-corrected chi connectivity index (χ2v) is 4.52. The molecule has 0 fully saturated rings. The van der Waals surface area contributed by atoms with Gasteiger partial charge in [0.15, 0.2) is 0 Å². The van der Waals surface area contributed by atoms with Crippen molar-refractivity contribution in [3.63, 3.8) is 0 Å². The third kappa shape index (κ3) is 4.06. The molecule has 0 saturated carbocycles. The zero-order valence-corrected chi connectivity index (χ0v) is 11.4. The molecule has 2 nitrogen and oxygen atoms in total. The fourth-order valence-electron chi connectivity index (χ4n) is 1.75. The van der Waals surface area contributed by atoms with Crippen molar-refractivity contribution >= 4 is 11.4 Å². The summed E-state index contributed by atoms with van der Waals surface area (Å²) >= 11 is 0. The minimum atomic E-state index is -4.98. The minimum absolute atomic E-state index is 0.143. The quantitative estimate of drug-likeness (QED) is 0.439. The van der Waals surface area contributed by atoms with Crippen LogP contribution in [0.15, 0.2) is 46.6 Å². The van der Waals surface area contributed by atoms with Crippen LogP contribution in [0.3, 0.4) is 0 Å². The van der Waals surface area contributed by atoms with Gasteiger partial charge in [0.25, 0.3) is 0 Å². The molecule has 0 aromatic heterocycles. The average Bonchev–Trinajstić information content (AvgIpc) is 2.45. The summed E-state index contributed by atoms with van der Waals surface area (Å²) in [6.07, 6.45) is -9.96. The minimum Gasteiger partial charge on any atom is -0.207 e. The van der Waals surface area contributed by atoms with Crippen molar-refractivity contribution in [2.24, 2.45) is 10.2 Å². The van der Waals surface area contributed by atoms with Crippen molar-refractivity contribution in [3.8, 4) is 0 Å². The Bertz CT molecular complexity index is 712. The number of hydrogen-bond donors (Lipinski definition) is 0. The van der Waals surface area contributed by atoms with Gasteiger partial charge in [-0.15, -0.1) is 10.2 Å². The molecule has 128 valence electrons. The first-order valence-corrected chi connectivity index (χ1v) is 6.14. The molecular weight excluding hydrogens is 348 g/mol. The van der Waals surface area contributed by atoms with E-state index >= 15 is 0 Å². The first kappa shape index (κ1) is 17.8. The molecule has 0 heterocycles. The molecule has 0 saturated heterocycles. The second kappa shape index (κ2) is 6.17. The zero-order chi connectivity index (χ0) is 18.1. The summed E-state index contributed by atoms with van der Waals surface area (Å²) in [5.74, 6) is -2.39. The van der Waals surface area contributed by atoms with Crippen molar-refractivity contribution < 1.29 is 35.1 Å². The molecule has 0 unspecified atom stereocenters. The maximum absolute atomic E-state index is 12.9. The van der Waals surface area contributed by atoms with Gasteiger partial charge in [-0.2, -0.15) is 26.3 Å². The number of hydrogen-bond acceptors (Lipinski definition) is 2. The lowest BCUT2D eigenvalue weighted by atomic mass is 10.1. The van der Waals surface area contributed by atoms with Gasteiger partial charge in [-0.3, -0.25) is 0 Å². The standard InChI is InChI=1S/C14H6F8N2/c15-7-1-3-11(9(5-7)13(17,18)19)23-24-12-4-2-8(16)6-10(12)14(20,21)22/h1-6H. The monoisotopic (exact) mass is 354 g/mol. The van der Waals surface area contributed by atoms with E-state index in [1.165, 1.54) is 0 Å². The third-order valence-electron chi connectivity index (χ3n) is 2.79. The van der Waals surface area contributed by atoms with E-state index in [1.807, 2.05) is 0 Å². The van der Waals surface area contributed by atoms with Crippen LogP contribution in [-0.2, 0) is 12.4 Å². The highest BCUT2D eigenvalue weighted by atomic mass is 19.4. The van der Waals surface area contributed by atoms with Crippen LogP contribution in [0.4, 0.5) is 46.5 Å².